The van der Waals surface area contributed by atoms with Crippen LogP contribution in [0.2, 0.25) is 5.02 Å². The van der Waals surface area contributed by atoms with Crippen molar-refractivity contribution < 1.29 is 9.53 Å². The molecule has 2 aromatic rings. The Balaban J connectivity index is 0.00000240. The van der Waals surface area contributed by atoms with Crippen LogP contribution in [0.3, 0.4) is 0 Å². The van der Waals surface area contributed by atoms with E-state index in [1.54, 1.807) is 12.1 Å². The van der Waals surface area contributed by atoms with Gasteiger partial charge in [0.1, 0.15) is 6.23 Å². The highest BCUT2D eigenvalue weighted by Gasteiger charge is 2.24. The molecule has 7 heteroatoms. The number of rotatable bonds is 10. The number of carbonyl (C=O) groups excluding carboxylic acids is 1. The summed E-state index contributed by atoms with van der Waals surface area (Å²) in [5.41, 5.74) is 2.06. The standard InChI is InChI=1S/C24H31ClN2O2.2ClH/c1-2-29-24(19-20-7-4-3-5-8-20)27-17-15-26(16-18-27)14-6-9-23(28)21-10-12-22(25)13-11-21;;/h3-5,7-8,10-13,24H,2,6,9,14-19H2,1H3;2*1H. The topological polar surface area (TPSA) is 32.8 Å². The van der Waals surface area contributed by atoms with E-state index in [1.807, 2.05) is 12.1 Å². The van der Waals surface area contributed by atoms with Crippen LogP contribution in [0.5, 0.6) is 0 Å². The molecule has 0 spiro atoms. The first kappa shape index (κ1) is 27.9. The Hall–Kier alpha value is -1.14. The lowest BCUT2D eigenvalue weighted by molar-refractivity contribution is -0.0712. The van der Waals surface area contributed by atoms with Crippen molar-refractivity contribution in [1.82, 2.24) is 9.80 Å². The monoisotopic (exact) mass is 486 g/mol. The molecule has 0 saturated carbocycles. The summed E-state index contributed by atoms with van der Waals surface area (Å²) in [4.78, 5) is 17.2. The fourth-order valence-corrected chi connectivity index (χ4v) is 3.95. The largest absolute Gasteiger partial charge is 0.363 e. The van der Waals surface area contributed by atoms with Gasteiger partial charge in [0.2, 0.25) is 0 Å². The molecule has 1 aliphatic heterocycles. The maximum atomic E-state index is 12.3. The zero-order valence-electron chi connectivity index (χ0n) is 18.0. The lowest BCUT2D eigenvalue weighted by Crippen LogP contribution is -2.51. The van der Waals surface area contributed by atoms with Crippen LogP contribution in [-0.4, -0.2) is 61.1 Å². The number of piperazine rings is 1. The van der Waals surface area contributed by atoms with Gasteiger partial charge >= 0.3 is 0 Å². The summed E-state index contributed by atoms with van der Waals surface area (Å²) in [6.45, 7) is 7.80. The number of halogens is 3. The molecule has 0 aromatic heterocycles. The molecule has 1 atom stereocenters. The van der Waals surface area contributed by atoms with Gasteiger partial charge in [0.25, 0.3) is 0 Å². The van der Waals surface area contributed by atoms with Gasteiger partial charge < -0.3 is 9.64 Å². The second kappa shape index (κ2) is 14.8. The first-order valence-corrected chi connectivity index (χ1v) is 10.9. The van der Waals surface area contributed by atoms with Crippen LogP contribution in [0.15, 0.2) is 54.6 Å². The lowest BCUT2D eigenvalue weighted by atomic mass is 10.1. The van der Waals surface area contributed by atoms with E-state index in [2.05, 4.69) is 47.1 Å². The third kappa shape index (κ3) is 9.09. The molecule has 0 amide bonds. The summed E-state index contributed by atoms with van der Waals surface area (Å²) in [7, 11) is 0. The summed E-state index contributed by atoms with van der Waals surface area (Å²) >= 11 is 5.89. The number of hydrogen-bond acceptors (Lipinski definition) is 4. The Bertz CT molecular complexity index is 751. The second-order valence-electron chi connectivity index (χ2n) is 7.51. The van der Waals surface area contributed by atoms with Crippen LogP contribution in [0.1, 0.15) is 35.7 Å². The maximum absolute atomic E-state index is 12.3. The van der Waals surface area contributed by atoms with Gasteiger partial charge in [-0.25, -0.2) is 0 Å². The Morgan fingerprint density at radius 1 is 1.00 bits per heavy atom. The second-order valence-corrected chi connectivity index (χ2v) is 7.95. The lowest BCUT2D eigenvalue weighted by Gasteiger charge is -2.39. The van der Waals surface area contributed by atoms with Crippen LogP contribution >= 0.6 is 36.4 Å². The number of Topliss-reactive ketones (excluding diaryl/α,β-unsaturated/α-hetero) is 1. The molecule has 1 unspecified atom stereocenters. The summed E-state index contributed by atoms with van der Waals surface area (Å²) in [5, 5.41) is 0.664. The SMILES string of the molecule is CCOC(Cc1ccccc1)N1CCN(CCCC(=O)c2ccc(Cl)cc2)CC1.Cl.Cl. The van der Waals surface area contributed by atoms with Gasteiger partial charge in [-0.15, -0.1) is 24.8 Å². The highest BCUT2D eigenvalue weighted by Crippen LogP contribution is 2.15. The van der Waals surface area contributed by atoms with Crippen molar-refractivity contribution in [1.29, 1.82) is 0 Å². The van der Waals surface area contributed by atoms with E-state index in [0.717, 1.165) is 57.7 Å². The zero-order valence-corrected chi connectivity index (χ0v) is 20.4. The first-order chi connectivity index (χ1) is 14.2. The minimum atomic E-state index is 0. The molecule has 4 nitrogen and oxygen atoms in total. The molecule has 1 saturated heterocycles. The van der Waals surface area contributed by atoms with Crippen molar-refractivity contribution in [3.8, 4) is 0 Å². The smallest absolute Gasteiger partial charge is 0.162 e. The quantitative estimate of drug-likeness (QED) is 0.422. The number of hydrogen-bond donors (Lipinski definition) is 0. The highest BCUT2D eigenvalue weighted by atomic mass is 35.5. The summed E-state index contributed by atoms with van der Waals surface area (Å²) in [6.07, 6.45) is 2.53. The van der Waals surface area contributed by atoms with Gasteiger partial charge in [-0.1, -0.05) is 41.9 Å². The Kier molecular flexibility index (Phi) is 13.3. The molecular formula is C24H33Cl3N2O2. The number of benzene rings is 2. The maximum Gasteiger partial charge on any atom is 0.162 e. The van der Waals surface area contributed by atoms with Crippen LogP contribution in [0.25, 0.3) is 0 Å². The van der Waals surface area contributed by atoms with Crippen molar-refractivity contribution >= 4 is 42.2 Å². The van der Waals surface area contributed by atoms with Gasteiger partial charge in [0.15, 0.2) is 5.78 Å². The fraction of sp³-hybridized carbons (Fsp3) is 0.458. The molecule has 172 valence electrons. The van der Waals surface area contributed by atoms with Crippen LogP contribution in [0, 0.1) is 0 Å². The molecule has 31 heavy (non-hydrogen) atoms. The molecular weight excluding hydrogens is 455 g/mol. The highest BCUT2D eigenvalue weighted by molar-refractivity contribution is 6.30. The number of nitrogens with zero attached hydrogens (tertiary/aromatic N) is 2. The molecule has 0 radical (unpaired) electrons. The van der Waals surface area contributed by atoms with Crippen molar-refractivity contribution in [2.45, 2.75) is 32.4 Å². The van der Waals surface area contributed by atoms with Gasteiger partial charge in [-0.2, -0.15) is 0 Å². The number of ketones is 1. The fourth-order valence-electron chi connectivity index (χ4n) is 3.82. The van der Waals surface area contributed by atoms with E-state index in [9.17, 15) is 4.79 Å². The molecule has 3 rings (SSSR count). The minimum absolute atomic E-state index is 0. The van der Waals surface area contributed by atoms with E-state index in [4.69, 9.17) is 16.3 Å². The van der Waals surface area contributed by atoms with Gasteiger partial charge in [-0.3, -0.25) is 9.69 Å². The molecule has 1 fully saturated rings. The first-order valence-electron chi connectivity index (χ1n) is 10.6. The van der Waals surface area contributed by atoms with Crippen LogP contribution < -0.4 is 0 Å². The van der Waals surface area contributed by atoms with Crippen molar-refractivity contribution in [2.75, 3.05) is 39.3 Å². The van der Waals surface area contributed by atoms with Crippen molar-refractivity contribution in [3.05, 3.63) is 70.7 Å². The average Bonchev–Trinajstić information content (AvgIpc) is 2.75. The third-order valence-corrected chi connectivity index (χ3v) is 5.72. The summed E-state index contributed by atoms with van der Waals surface area (Å²) in [6, 6.07) is 17.7. The summed E-state index contributed by atoms with van der Waals surface area (Å²) in [5.74, 6) is 0.194. The van der Waals surface area contributed by atoms with E-state index < -0.39 is 0 Å². The molecule has 1 aliphatic rings. The number of ether oxygens (including phenoxy) is 1. The van der Waals surface area contributed by atoms with E-state index in [1.165, 1.54) is 5.56 Å². The Labute approximate surface area is 203 Å². The van der Waals surface area contributed by atoms with Crippen LogP contribution in [-0.2, 0) is 11.2 Å². The predicted octanol–water partition coefficient (Wildman–Crippen LogP) is 5.37. The minimum Gasteiger partial charge on any atom is -0.363 e. The van der Waals surface area contributed by atoms with Gasteiger partial charge in [-0.05, 0) is 49.7 Å². The normalized spacial score (nSPS) is 15.5. The molecule has 0 bridgehead atoms. The molecule has 1 heterocycles. The zero-order chi connectivity index (χ0) is 20.5. The van der Waals surface area contributed by atoms with Crippen molar-refractivity contribution in [3.63, 3.8) is 0 Å². The molecule has 2 aromatic carbocycles. The van der Waals surface area contributed by atoms with Crippen LogP contribution in [0.4, 0.5) is 0 Å². The molecule has 0 N–H and O–H groups in total. The van der Waals surface area contributed by atoms with Gasteiger partial charge in [0.05, 0.1) is 0 Å². The Morgan fingerprint density at radius 2 is 1.65 bits per heavy atom. The summed E-state index contributed by atoms with van der Waals surface area (Å²) < 4.78 is 6.04. The molecule has 0 aliphatic carbocycles. The van der Waals surface area contributed by atoms with E-state index in [0.29, 0.717) is 11.4 Å². The van der Waals surface area contributed by atoms with Crippen molar-refractivity contribution in [2.24, 2.45) is 0 Å². The van der Waals surface area contributed by atoms with E-state index >= 15 is 0 Å². The van der Waals surface area contributed by atoms with Gasteiger partial charge in [0, 0.05) is 56.2 Å². The van der Waals surface area contributed by atoms with E-state index in [-0.39, 0.29) is 36.8 Å². The number of carbonyl (C=O) groups is 1. The Morgan fingerprint density at radius 3 is 2.26 bits per heavy atom. The predicted molar refractivity (Wildman–Crippen MR) is 133 cm³/mol. The third-order valence-electron chi connectivity index (χ3n) is 5.47. The average molecular weight is 488 g/mol.